The van der Waals surface area contributed by atoms with E-state index in [0.29, 0.717) is 17.3 Å². The molecule has 0 radical (unpaired) electrons. The Morgan fingerprint density at radius 3 is 2.19 bits per heavy atom. The van der Waals surface area contributed by atoms with E-state index in [1.807, 2.05) is 30.3 Å². The molecule has 3 rings (SSSR count). The molecule has 0 aliphatic heterocycles. The molecule has 0 aliphatic rings. The maximum absolute atomic E-state index is 13.2. The maximum atomic E-state index is 13.2. The maximum Gasteiger partial charge on any atom is 0.264 e. The van der Waals surface area contributed by atoms with Crippen LogP contribution >= 0.6 is 35.0 Å². The predicted molar refractivity (Wildman–Crippen MR) is 128 cm³/mol. The number of carbonyl (C=O) groups excluding carboxylic acids is 1. The van der Waals surface area contributed by atoms with Gasteiger partial charge in [0.15, 0.2) is 0 Å². The van der Waals surface area contributed by atoms with Crippen LogP contribution in [0.4, 0.5) is 5.69 Å². The van der Waals surface area contributed by atoms with Gasteiger partial charge in [-0.15, -0.1) is 11.8 Å². The molecule has 0 saturated heterocycles. The van der Waals surface area contributed by atoms with Gasteiger partial charge >= 0.3 is 0 Å². The van der Waals surface area contributed by atoms with Gasteiger partial charge in [-0.2, -0.15) is 0 Å². The van der Waals surface area contributed by atoms with E-state index < -0.39 is 15.9 Å². The molecule has 0 saturated carbocycles. The summed E-state index contributed by atoms with van der Waals surface area (Å²) >= 11 is 13.7. The molecule has 31 heavy (non-hydrogen) atoms. The van der Waals surface area contributed by atoms with Crippen molar-refractivity contribution in [2.24, 2.45) is 0 Å². The summed E-state index contributed by atoms with van der Waals surface area (Å²) in [4.78, 5) is 13.8. The van der Waals surface area contributed by atoms with Gasteiger partial charge in [-0.3, -0.25) is 9.10 Å². The molecule has 3 aromatic carbocycles. The van der Waals surface area contributed by atoms with Gasteiger partial charge < -0.3 is 5.32 Å². The molecule has 0 heterocycles. The van der Waals surface area contributed by atoms with E-state index >= 15 is 0 Å². The lowest BCUT2D eigenvalue weighted by Gasteiger charge is -2.24. The molecule has 0 bridgehead atoms. The summed E-state index contributed by atoms with van der Waals surface area (Å²) in [5, 5.41) is 3.27. The fourth-order valence-electron chi connectivity index (χ4n) is 2.74. The first-order valence-electron chi connectivity index (χ1n) is 9.35. The normalized spacial score (nSPS) is 11.2. The number of carbonyl (C=O) groups is 1. The first kappa shape index (κ1) is 23.5. The lowest BCUT2D eigenvalue weighted by Crippen LogP contribution is -2.41. The van der Waals surface area contributed by atoms with Crippen LogP contribution in [0, 0.1) is 0 Å². The van der Waals surface area contributed by atoms with Gasteiger partial charge in [0.1, 0.15) is 6.54 Å². The third-order valence-corrected chi connectivity index (χ3v) is 7.79. The summed E-state index contributed by atoms with van der Waals surface area (Å²) in [5.41, 5.74) is 0.257. The number of thioether (sulfide) groups is 1. The Bertz CT molecular complexity index is 1130. The van der Waals surface area contributed by atoms with Crippen LogP contribution in [0.25, 0.3) is 0 Å². The number of anilines is 1. The van der Waals surface area contributed by atoms with Crippen molar-refractivity contribution in [2.45, 2.75) is 9.79 Å². The molecule has 5 nitrogen and oxygen atoms in total. The lowest BCUT2D eigenvalue weighted by atomic mass is 10.3. The number of benzene rings is 3. The number of nitrogens with one attached hydrogen (secondary N) is 1. The molecule has 9 heteroatoms. The Balaban J connectivity index is 1.73. The molecule has 1 amide bonds. The summed E-state index contributed by atoms with van der Waals surface area (Å²) in [5.74, 6) is 0.243. The predicted octanol–water partition coefficient (Wildman–Crippen LogP) is 5.10. The standard InChI is InChI=1S/C22H20Cl2N2O3S2/c23-20-12-11-17(15-21(20)24)26(31(28,29)19-9-5-2-6-10-19)16-22(27)25-13-14-30-18-7-3-1-4-8-18/h1-12,15H,13-14,16H2,(H,25,27). The van der Waals surface area contributed by atoms with Gasteiger partial charge in [0.2, 0.25) is 5.91 Å². The molecule has 1 N–H and O–H groups in total. The fraction of sp³-hybridized carbons (Fsp3) is 0.136. The highest BCUT2D eigenvalue weighted by Crippen LogP contribution is 2.30. The topological polar surface area (TPSA) is 66.5 Å². The summed E-state index contributed by atoms with van der Waals surface area (Å²) < 4.78 is 27.5. The minimum Gasteiger partial charge on any atom is -0.354 e. The minimum atomic E-state index is -3.99. The Morgan fingerprint density at radius 1 is 0.903 bits per heavy atom. The van der Waals surface area contributed by atoms with Gasteiger partial charge in [-0.05, 0) is 42.5 Å². The number of halogens is 2. The van der Waals surface area contributed by atoms with Crippen LogP contribution in [0.2, 0.25) is 10.0 Å². The largest absolute Gasteiger partial charge is 0.354 e. The van der Waals surface area contributed by atoms with Crippen molar-refractivity contribution < 1.29 is 13.2 Å². The Hall–Kier alpha value is -2.19. The quantitative estimate of drug-likeness (QED) is 0.332. The molecule has 0 fully saturated rings. The minimum absolute atomic E-state index is 0.0773. The molecule has 0 atom stereocenters. The van der Waals surface area contributed by atoms with Crippen molar-refractivity contribution in [1.82, 2.24) is 5.32 Å². The van der Waals surface area contributed by atoms with Crippen LogP contribution in [-0.2, 0) is 14.8 Å². The first-order valence-corrected chi connectivity index (χ1v) is 12.5. The van der Waals surface area contributed by atoms with Gasteiger partial charge in [0.25, 0.3) is 10.0 Å². The number of amides is 1. The highest BCUT2D eigenvalue weighted by Gasteiger charge is 2.27. The van der Waals surface area contributed by atoms with Gasteiger partial charge in [0, 0.05) is 17.2 Å². The van der Waals surface area contributed by atoms with E-state index in [4.69, 9.17) is 23.2 Å². The molecular weight excluding hydrogens is 475 g/mol. The fourth-order valence-corrected chi connectivity index (χ4v) is 5.25. The van der Waals surface area contributed by atoms with E-state index in [-0.39, 0.29) is 22.2 Å². The van der Waals surface area contributed by atoms with Crippen molar-refractivity contribution in [3.8, 4) is 0 Å². The molecule has 3 aromatic rings. The van der Waals surface area contributed by atoms with Crippen molar-refractivity contribution >= 4 is 56.6 Å². The van der Waals surface area contributed by atoms with Crippen molar-refractivity contribution in [2.75, 3.05) is 23.1 Å². The van der Waals surface area contributed by atoms with E-state index in [1.165, 1.54) is 30.3 Å². The Kier molecular flexibility index (Phi) is 8.26. The number of hydrogen-bond donors (Lipinski definition) is 1. The number of hydrogen-bond acceptors (Lipinski definition) is 4. The van der Waals surface area contributed by atoms with E-state index in [2.05, 4.69) is 5.32 Å². The number of sulfonamides is 1. The van der Waals surface area contributed by atoms with Crippen LogP contribution in [0.5, 0.6) is 0 Å². The zero-order valence-electron chi connectivity index (χ0n) is 16.4. The van der Waals surface area contributed by atoms with Crippen LogP contribution in [-0.4, -0.2) is 33.2 Å². The van der Waals surface area contributed by atoms with Crippen molar-refractivity contribution in [1.29, 1.82) is 0 Å². The zero-order valence-corrected chi connectivity index (χ0v) is 19.5. The SMILES string of the molecule is O=C(CN(c1ccc(Cl)c(Cl)c1)S(=O)(=O)c1ccccc1)NCCSc1ccccc1. The molecule has 0 aliphatic carbocycles. The average Bonchev–Trinajstić information content (AvgIpc) is 2.78. The van der Waals surface area contributed by atoms with Crippen LogP contribution in [0.15, 0.2) is 88.7 Å². The van der Waals surface area contributed by atoms with Gasteiger partial charge in [-0.1, -0.05) is 59.6 Å². The molecule has 0 aromatic heterocycles. The summed E-state index contributed by atoms with van der Waals surface area (Å²) in [6, 6.07) is 22.2. The van der Waals surface area contributed by atoms with E-state index in [9.17, 15) is 13.2 Å². The summed E-state index contributed by atoms with van der Waals surface area (Å²) in [6.45, 7) is 0.0180. The molecular formula is C22H20Cl2N2O3S2. The highest BCUT2D eigenvalue weighted by atomic mass is 35.5. The van der Waals surface area contributed by atoms with Crippen molar-refractivity contribution in [3.63, 3.8) is 0 Å². The van der Waals surface area contributed by atoms with Crippen molar-refractivity contribution in [3.05, 3.63) is 88.9 Å². The molecule has 0 unspecified atom stereocenters. The van der Waals surface area contributed by atoms with Crippen LogP contribution in [0.1, 0.15) is 0 Å². The third-order valence-electron chi connectivity index (χ3n) is 4.25. The van der Waals surface area contributed by atoms with Gasteiger partial charge in [0.05, 0.1) is 20.6 Å². The second kappa shape index (κ2) is 10.9. The third kappa shape index (κ3) is 6.40. The Labute approximate surface area is 196 Å². The second-order valence-corrected chi connectivity index (χ2v) is 10.3. The molecule has 162 valence electrons. The van der Waals surface area contributed by atoms with Gasteiger partial charge in [-0.25, -0.2) is 8.42 Å². The number of nitrogens with zero attached hydrogens (tertiary/aromatic N) is 1. The summed E-state index contributed by atoms with van der Waals surface area (Å²) in [7, 11) is -3.99. The average molecular weight is 495 g/mol. The highest BCUT2D eigenvalue weighted by molar-refractivity contribution is 7.99. The molecule has 0 spiro atoms. The lowest BCUT2D eigenvalue weighted by molar-refractivity contribution is -0.119. The first-order chi connectivity index (χ1) is 14.9. The number of rotatable bonds is 9. The van der Waals surface area contributed by atoms with Crippen LogP contribution in [0.3, 0.4) is 0 Å². The van der Waals surface area contributed by atoms with Crippen LogP contribution < -0.4 is 9.62 Å². The monoisotopic (exact) mass is 494 g/mol. The van der Waals surface area contributed by atoms with E-state index in [1.54, 1.807) is 30.0 Å². The summed E-state index contributed by atoms with van der Waals surface area (Å²) in [6.07, 6.45) is 0. The van der Waals surface area contributed by atoms with E-state index in [0.717, 1.165) is 9.20 Å². The zero-order chi connectivity index (χ0) is 22.3. The second-order valence-electron chi connectivity index (χ2n) is 6.43. The smallest absolute Gasteiger partial charge is 0.264 e. The Morgan fingerprint density at radius 2 is 1.55 bits per heavy atom.